The Bertz CT molecular complexity index is 438. The van der Waals surface area contributed by atoms with Gasteiger partial charge in [0.25, 0.3) is 0 Å². The average Bonchev–Trinajstić information content (AvgIpc) is 2.36. The predicted octanol–water partition coefficient (Wildman–Crippen LogP) is 2.31. The molecule has 0 aromatic carbocycles. The van der Waals surface area contributed by atoms with Gasteiger partial charge in [0, 0.05) is 25.1 Å². The molecule has 19 heavy (non-hydrogen) atoms. The standard InChI is InChI=1S/C13H26N2O2S2/c1-6-13(7-2)9-15-11(18-10-13)14-8-12(3,4)19(5,16)17/h6-10H2,1-5H3,(H,14,15). The zero-order chi connectivity index (χ0) is 14.7. The molecule has 0 unspecified atom stereocenters. The summed E-state index contributed by atoms with van der Waals surface area (Å²) in [7, 11) is -3.06. The lowest BCUT2D eigenvalue weighted by molar-refractivity contribution is 0.318. The molecular formula is C13H26N2O2S2. The highest BCUT2D eigenvalue weighted by atomic mass is 32.2. The van der Waals surface area contributed by atoms with Gasteiger partial charge in [-0.2, -0.15) is 0 Å². The van der Waals surface area contributed by atoms with Gasteiger partial charge in [-0.3, -0.25) is 4.99 Å². The molecule has 0 atom stereocenters. The monoisotopic (exact) mass is 306 g/mol. The largest absolute Gasteiger partial charge is 0.363 e. The van der Waals surface area contributed by atoms with E-state index >= 15 is 0 Å². The number of hydrogen-bond donors (Lipinski definition) is 1. The molecule has 0 aliphatic carbocycles. The van der Waals surface area contributed by atoms with Gasteiger partial charge in [-0.15, -0.1) is 0 Å². The van der Waals surface area contributed by atoms with Crippen molar-refractivity contribution in [3.63, 3.8) is 0 Å². The molecule has 0 saturated heterocycles. The summed E-state index contributed by atoms with van der Waals surface area (Å²) in [6, 6.07) is 0. The van der Waals surface area contributed by atoms with E-state index in [2.05, 4.69) is 24.2 Å². The number of nitrogens with one attached hydrogen (secondary N) is 1. The Kier molecular flexibility index (Phi) is 5.35. The predicted molar refractivity (Wildman–Crippen MR) is 84.7 cm³/mol. The Morgan fingerprint density at radius 2 is 1.95 bits per heavy atom. The van der Waals surface area contributed by atoms with Gasteiger partial charge in [-0.25, -0.2) is 8.42 Å². The summed E-state index contributed by atoms with van der Waals surface area (Å²) in [6.45, 7) is 9.16. The third-order valence-electron chi connectivity index (χ3n) is 4.24. The second-order valence-electron chi connectivity index (χ2n) is 6.00. The second kappa shape index (κ2) is 6.04. The van der Waals surface area contributed by atoms with E-state index < -0.39 is 14.6 Å². The van der Waals surface area contributed by atoms with E-state index in [1.807, 2.05) is 0 Å². The molecule has 0 aromatic heterocycles. The van der Waals surface area contributed by atoms with E-state index in [1.165, 1.54) is 6.26 Å². The number of aliphatic imine (C=N–C) groups is 1. The fourth-order valence-corrected chi connectivity index (χ4v) is 3.36. The minimum atomic E-state index is -3.06. The van der Waals surface area contributed by atoms with Crippen molar-refractivity contribution in [2.24, 2.45) is 10.4 Å². The SMILES string of the molecule is CCC1(CC)CN=C(NCC(C)(C)S(C)(=O)=O)SC1. The van der Waals surface area contributed by atoms with E-state index in [0.29, 0.717) is 12.0 Å². The summed E-state index contributed by atoms with van der Waals surface area (Å²) in [5.74, 6) is 1.06. The highest BCUT2D eigenvalue weighted by Crippen LogP contribution is 2.34. The molecule has 1 N–H and O–H groups in total. The van der Waals surface area contributed by atoms with Crippen LogP contribution in [0.15, 0.2) is 4.99 Å². The van der Waals surface area contributed by atoms with Crippen molar-refractivity contribution in [3.8, 4) is 0 Å². The van der Waals surface area contributed by atoms with Crippen LogP contribution in [0.5, 0.6) is 0 Å². The molecule has 1 rings (SSSR count). The van der Waals surface area contributed by atoms with E-state index in [-0.39, 0.29) is 0 Å². The zero-order valence-corrected chi connectivity index (χ0v) is 14.2. The molecule has 0 radical (unpaired) electrons. The lowest BCUT2D eigenvalue weighted by Gasteiger charge is -2.34. The van der Waals surface area contributed by atoms with E-state index in [9.17, 15) is 8.42 Å². The second-order valence-corrected chi connectivity index (χ2v) is 9.62. The first-order valence-corrected chi connectivity index (χ1v) is 9.64. The summed E-state index contributed by atoms with van der Waals surface area (Å²) >= 11 is 1.71. The van der Waals surface area contributed by atoms with Crippen molar-refractivity contribution < 1.29 is 8.42 Å². The summed E-state index contributed by atoms with van der Waals surface area (Å²) in [4.78, 5) is 4.58. The van der Waals surface area contributed by atoms with Gasteiger partial charge < -0.3 is 5.32 Å². The maximum absolute atomic E-state index is 11.6. The summed E-state index contributed by atoms with van der Waals surface area (Å²) < 4.78 is 22.5. The Hall–Kier alpha value is -0.230. The van der Waals surface area contributed by atoms with Crippen molar-refractivity contribution in [2.45, 2.75) is 45.3 Å². The van der Waals surface area contributed by atoms with Gasteiger partial charge in [0.2, 0.25) is 0 Å². The van der Waals surface area contributed by atoms with Crippen molar-refractivity contribution >= 4 is 26.8 Å². The molecule has 1 aliphatic rings. The molecule has 6 heteroatoms. The number of thioether (sulfide) groups is 1. The maximum atomic E-state index is 11.6. The lowest BCUT2D eigenvalue weighted by atomic mass is 9.84. The number of amidine groups is 1. The van der Waals surface area contributed by atoms with Gasteiger partial charge in [0.15, 0.2) is 15.0 Å². The number of rotatable bonds is 5. The summed E-state index contributed by atoms with van der Waals surface area (Å²) in [5, 5.41) is 4.07. The molecular weight excluding hydrogens is 280 g/mol. The number of sulfone groups is 1. The third kappa shape index (κ3) is 4.12. The van der Waals surface area contributed by atoms with Crippen LogP contribution in [0, 0.1) is 5.41 Å². The van der Waals surface area contributed by atoms with Gasteiger partial charge >= 0.3 is 0 Å². The molecule has 0 saturated carbocycles. The Balaban J connectivity index is 2.60. The molecule has 4 nitrogen and oxygen atoms in total. The van der Waals surface area contributed by atoms with Gasteiger partial charge in [0.1, 0.15) is 0 Å². The average molecular weight is 306 g/mol. The van der Waals surface area contributed by atoms with Crippen LogP contribution in [0.25, 0.3) is 0 Å². The summed E-state index contributed by atoms with van der Waals surface area (Å²) in [6.07, 6.45) is 3.56. The first-order chi connectivity index (χ1) is 8.66. The van der Waals surface area contributed by atoms with Crippen LogP contribution < -0.4 is 5.32 Å². The van der Waals surface area contributed by atoms with Gasteiger partial charge in [0.05, 0.1) is 4.75 Å². The molecule has 0 aromatic rings. The van der Waals surface area contributed by atoms with Gasteiger partial charge in [-0.1, -0.05) is 25.6 Å². The molecule has 0 bridgehead atoms. The van der Waals surface area contributed by atoms with E-state index in [4.69, 9.17) is 0 Å². The van der Waals surface area contributed by atoms with Crippen molar-refractivity contribution in [1.29, 1.82) is 0 Å². The molecule has 1 heterocycles. The van der Waals surface area contributed by atoms with Crippen LogP contribution in [0.3, 0.4) is 0 Å². The molecule has 1 aliphatic heterocycles. The fourth-order valence-electron chi connectivity index (χ4n) is 1.76. The fraction of sp³-hybridized carbons (Fsp3) is 0.923. The highest BCUT2D eigenvalue weighted by molar-refractivity contribution is 8.13. The minimum absolute atomic E-state index is 0.322. The van der Waals surface area contributed by atoms with E-state index in [1.54, 1.807) is 25.6 Å². The molecule has 0 fully saturated rings. The van der Waals surface area contributed by atoms with E-state index in [0.717, 1.165) is 30.3 Å². The molecule has 0 amide bonds. The Morgan fingerprint density at radius 1 is 1.37 bits per heavy atom. The lowest BCUT2D eigenvalue weighted by Crippen LogP contribution is -2.44. The Morgan fingerprint density at radius 3 is 2.32 bits per heavy atom. The van der Waals surface area contributed by atoms with Crippen molar-refractivity contribution in [1.82, 2.24) is 5.32 Å². The quantitative estimate of drug-likeness (QED) is 0.847. The van der Waals surface area contributed by atoms with Crippen LogP contribution >= 0.6 is 11.8 Å². The first kappa shape index (κ1) is 16.8. The third-order valence-corrected chi connectivity index (χ3v) is 7.70. The van der Waals surface area contributed by atoms with Crippen LogP contribution in [0.1, 0.15) is 40.5 Å². The molecule has 112 valence electrons. The van der Waals surface area contributed by atoms with Crippen LogP contribution in [0.4, 0.5) is 0 Å². The normalized spacial score (nSPS) is 19.9. The zero-order valence-electron chi connectivity index (χ0n) is 12.6. The van der Waals surface area contributed by atoms with Crippen LogP contribution in [-0.2, 0) is 9.84 Å². The topological polar surface area (TPSA) is 58.5 Å². The maximum Gasteiger partial charge on any atom is 0.156 e. The van der Waals surface area contributed by atoms with Gasteiger partial charge in [-0.05, 0) is 32.1 Å². The van der Waals surface area contributed by atoms with Crippen molar-refractivity contribution in [2.75, 3.05) is 25.1 Å². The van der Waals surface area contributed by atoms with Crippen LogP contribution in [-0.4, -0.2) is 43.4 Å². The number of hydrogen-bond acceptors (Lipinski definition) is 5. The van der Waals surface area contributed by atoms with Crippen LogP contribution in [0.2, 0.25) is 0 Å². The smallest absolute Gasteiger partial charge is 0.156 e. The number of nitrogens with zero attached hydrogens (tertiary/aromatic N) is 1. The highest BCUT2D eigenvalue weighted by Gasteiger charge is 2.33. The molecule has 0 spiro atoms. The Labute approximate surface area is 121 Å². The minimum Gasteiger partial charge on any atom is -0.363 e. The summed E-state index contributed by atoms with van der Waals surface area (Å²) in [5.41, 5.74) is 0.322. The first-order valence-electron chi connectivity index (χ1n) is 6.76. The van der Waals surface area contributed by atoms with Crippen molar-refractivity contribution in [3.05, 3.63) is 0 Å².